The average Bonchev–Trinajstić information content (AvgIpc) is 2.78. The first-order chi connectivity index (χ1) is 9.23. The van der Waals surface area contributed by atoms with E-state index in [2.05, 4.69) is 0 Å². The van der Waals surface area contributed by atoms with Gasteiger partial charge in [0.25, 0.3) is 0 Å². The molecule has 0 radical (unpaired) electrons. The van der Waals surface area contributed by atoms with Crippen molar-refractivity contribution in [1.82, 2.24) is 9.80 Å². The van der Waals surface area contributed by atoms with E-state index in [0.29, 0.717) is 19.7 Å². The SMILES string of the molecule is CN1CCCC2(CCN(C(=O)OCC(C)(C)C)C2)C1=O. The lowest BCUT2D eigenvalue weighted by Crippen LogP contribution is -2.48. The summed E-state index contributed by atoms with van der Waals surface area (Å²) in [7, 11) is 1.85. The Hall–Kier alpha value is -1.26. The molecule has 1 spiro atoms. The Bertz CT molecular complexity index is 402. The summed E-state index contributed by atoms with van der Waals surface area (Å²) in [6.07, 6.45) is 2.39. The van der Waals surface area contributed by atoms with Gasteiger partial charge in [-0.2, -0.15) is 0 Å². The summed E-state index contributed by atoms with van der Waals surface area (Å²) in [5.41, 5.74) is -0.387. The largest absolute Gasteiger partial charge is 0.449 e. The van der Waals surface area contributed by atoms with Crippen LogP contribution in [0.25, 0.3) is 0 Å². The summed E-state index contributed by atoms with van der Waals surface area (Å²) >= 11 is 0. The number of likely N-dealkylation sites (tertiary alicyclic amines) is 2. The van der Waals surface area contributed by atoms with E-state index in [-0.39, 0.29) is 22.8 Å². The molecule has 5 heteroatoms. The van der Waals surface area contributed by atoms with Crippen molar-refractivity contribution in [3.8, 4) is 0 Å². The van der Waals surface area contributed by atoms with Crippen molar-refractivity contribution in [1.29, 1.82) is 0 Å². The molecule has 2 fully saturated rings. The number of ether oxygens (including phenoxy) is 1. The predicted octanol–water partition coefficient (Wildman–Crippen LogP) is 2.11. The predicted molar refractivity (Wildman–Crippen MR) is 76.3 cm³/mol. The van der Waals surface area contributed by atoms with Crippen molar-refractivity contribution in [2.24, 2.45) is 10.8 Å². The van der Waals surface area contributed by atoms with Gasteiger partial charge in [-0.3, -0.25) is 4.79 Å². The van der Waals surface area contributed by atoms with Crippen LogP contribution in [0.15, 0.2) is 0 Å². The molecule has 2 rings (SSSR count). The van der Waals surface area contributed by atoms with Crippen molar-refractivity contribution in [3.05, 3.63) is 0 Å². The van der Waals surface area contributed by atoms with Crippen LogP contribution < -0.4 is 0 Å². The first kappa shape index (κ1) is 15.1. The molecule has 2 amide bonds. The fourth-order valence-electron chi connectivity index (χ4n) is 3.04. The molecule has 1 unspecified atom stereocenters. The summed E-state index contributed by atoms with van der Waals surface area (Å²) in [6.45, 7) is 8.47. The van der Waals surface area contributed by atoms with Crippen molar-refractivity contribution >= 4 is 12.0 Å². The van der Waals surface area contributed by atoms with E-state index in [9.17, 15) is 9.59 Å². The van der Waals surface area contributed by atoms with Gasteiger partial charge in [-0.05, 0) is 24.7 Å². The molecule has 5 nitrogen and oxygen atoms in total. The molecule has 0 bridgehead atoms. The highest BCUT2D eigenvalue weighted by Crippen LogP contribution is 2.39. The van der Waals surface area contributed by atoms with Crippen LogP contribution in [-0.4, -0.2) is 55.1 Å². The third kappa shape index (κ3) is 3.07. The Labute approximate surface area is 121 Å². The van der Waals surface area contributed by atoms with E-state index in [1.165, 1.54) is 0 Å². The smallest absolute Gasteiger partial charge is 0.409 e. The van der Waals surface area contributed by atoms with Crippen LogP contribution in [0.3, 0.4) is 0 Å². The summed E-state index contributed by atoms with van der Waals surface area (Å²) in [4.78, 5) is 28.0. The van der Waals surface area contributed by atoms with E-state index in [4.69, 9.17) is 4.74 Å². The molecule has 2 aliphatic rings. The zero-order chi connectivity index (χ0) is 15.0. The van der Waals surface area contributed by atoms with Gasteiger partial charge in [-0.15, -0.1) is 0 Å². The van der Waals surface area contributed by atoms with Crippen molar-refractivity contribution in [2.45, 2.75) is 40.0 Å². The summed E-state index contributed by atoms with van der Waals surface area (Å²) in [5.74, 6) is 0.190. The molecule has 1 atom stereocenters. The van der Waals surface area contributed by atoms with E-state index in [1.807, 2.05) is 27.8 Å². The number of nitrogens with zero attached hydrogens (tertiary/aromatic N) is 2. The average molecular weight is 282 g/mol. The van der Waals surface area contributed by atoms with Crippen LogP contribution in [0.1, 0.15) is 40.0 Å². The summed E-state index contributed by atoms with van der Waals surface area (Å²) < 4.78 is 5.35. The van der Waals surface area contributed by atoms with Crippen molar-refractivity contribution < 1.29 is 14.3 Å². The summed E-state index contributed by atoms with van der Waals surface area (Å²) in [5, 5.41) is 0. The Morgan fingerprint density at radius 2 is 2.00 bits per heavy atom. The van der Waals surface area contributed by atoms with Crippen LogP contribution in [0, 0.1) is 10.8 Å². The second kappa shape index (κ2) is 5.26. The molecule has 114 valence electrons. The molecule has 0 aromatic rings. The monoisotopic (exact) mass is 282 g/mol. The van der Waals surface area contributed by atoms with Crippen LogP contribution in [0.4, 0.5) is 4.79 Å². The van der Waals surface area contributed by atoms with Gasteiger partial charge in [-0.1, -0.05) is 20.8 Å². The van der Waals surface area contributed by atoms with Gasteiger partial charge in [0.1, 0.15) is 0 Å². The fourth-order valence-corrected chi connectivity index (χ4v) is 3.04. The van der Waals surface area contributed by atoms with Crippen LogP contribution in [-0.2, 0) is 9.53 Å². The molecule has 0 aromatic heterocycles. The zero-order valence-corrected chi connectivity index (χ0v) is 13.1. The second-order valence-electron chi connectivity index (χ2n) is 7.40. The van der Waals surface area contributed by atoms with E-state index < -0.39 is 0 Å². The Balaban J connectivity index is 1.94. The summed E-state index contributed by atoms with van der Waals surface area (Å²) in [6, 6.07) is 0. The van der Waals surface area contributed by atoms with Gasteiger partial charge in [-0.25, -0.2) is 4.79 Å². The molecule has 0 aromatic carbocycles. The molecular weight excluding hydrogens is 256 g/mol. The lowest BCUT2D eigenvalue weighted by Gasteiger charge is -2.37. The van der Waals surface area contributed by atoms with E-state index >= 15 is 0 Å². The third-order valence-corrected chi connectivity index (χ3v) is 4.19. The topological polar surface area (TPSA) is 49.9 Å². The van der Waals surface area contributed by atoms with Crippen molar-refractivity contribution in [2.75, 3.05) is 33.3 Å². The molecule has 2 aliphatic heterocycles. The van der Waals surface area contributed by atoms with Gasteiger partial charge < -0.3 is 14.5 Å². The molecule has 2 heterocycles. The minimum Gasteiger partial charge on any atom is -0.449 e. The van der Waals surface area contributed by atoms with Crippen LogP contribution >= 0.6 is 0 Å². The third-order valence-electron chi connectivity index (χ3n) is 4.19. The number of amides is 2. The van der Waals surface area contributed by atoms with Gasteiger partial charge >= 0.3 is 6.09 Å². The second-order valence-corrected chi connectivity index (χ2v) is 7.40. The minimum atomic E-state index is -0.353. The Kier molecular flexibility index (Phi) is 3.98. The maximum atomic E-state index is 12.4. The molecule has 0 N–H and O–H groups in total. The molecule has 0 saturated carbocycles. The number of rotatable bonds is 1. The number of hydrogen-bond acceptors (Lipinski definition) is 3. The molecule has 0 aliphatic carbocycles. The number of hydrogen-bond donors (Lipinski definition) is 0. The van der Waals surface area contributed by atoms with Gasteiger partial charge in [0.15, 0.2) is 0 Å². The maximum absolute atomic E-state index is 12.4. The van der Waals surface area contributed by atoms with Gasteiger partial charge in [0, 0.05) is 26.7 Å². The number of carbonyl (C=O) groups excluding carboxylic acids is 2. The highest BCUT2D eigenvalue weighted by Gasteiger charge is 2.49. The zero-order valence-electron chi connectivity index (χ0n) is 13.1. The number of carbonyl (C=O) groups is 2. The fraction of sp³-hybridized carbons (Fsp3) is 0.867. The van der Waals surface area contributed by atoms with Crippen molar-refractivity contribution in [3.63, 3.8) is 0 Å². The lowest BCUT2D eigenvalue weighted by molar-refractivity contribution is -0.143. The highest BCUT2D eigenvalue weighted by molar-refractivity contribution is 5.85. The number of piperidine rings is 1. The first-order valence-corrected chi connectivity index (χ1v) is 7.41. The Morgan fingerprint density at radius 3 is 2.65 bits per heavy atom. The Morgan fingerprint density at radius 1 is 1.30 bits per heavy atom. The standard InChI is InChI=1S/C15H26N2O3/c1-14(2,3)11-20-13(19)17-9-7-15(10-17)6-5-8-16(4)12(15)18/h5-11H2,1-4H3. The lowest BCUT2D eigenvalue weighted by atomic mass is 9.78. The molecule has 20 heavy (non-hydrogen) atoms. The quantitative estimate of drug-likeness (QED) is 0.740. The normalized spacial score (nSPS) is 27.3. The maximum Gasteiger partial charge on any atom is 0.409 e. The minimum absolute atomic E-state index is 0.0338. The molecule has 2 saturated heterocycles. The molecular formula is C15H26N2O3. The van der Waals surface area contributed by atoms with E-state index in [0.717, 1.165) is 25.8 Å². The van der Waals surface area contributed by atoms with E-state index in [1.54, 1.807) is 9.80 Å². The van der Waals surface area contributed by atoms with Gasteiger partial charge in [0.05, 0.1) is 12.0 Å². The van der Waals surface area contributed by atoms with Gasteiger partial charge in [0.2, 0.25) is 5.91 Å². The van der Waals surface area contributed by atoms with Crippen LogP contribution in [0.5, 0.6) is 0 Å². The van der Waals surface area contributed by atoms with Crippen LogP contribution in [0.2, 0.25) is 0 Å². The highest BCUT2D eigenvalue weighted by atomic mass is 16.6. The first-order valence-electron chi connectivity index (χ1n) is 7.41.